The molecule has 0 aromatic heterocycles. The summed E-state index contributed by atoms with van der Waals surface area (Å²) in [6, 6.07) is 0. The van der Waals surface area contributed by atoms with Gasteiger partial charge in [-0.2, -0.15) is 4.31 Å². The van der Waals surface area contributed by atoms with Gasteiger partial charge >= 0.3 is 0 Å². The van der Waals surface area contributed by atoms with Gasteiger partial charge in [0.2, 0.25) is 15.9 Å². The number of carbonyl (C=O) groups is 1. The van der Waals surface area contributed by atoms with Gasteiger partial charge in [0.15, 0.2) is 0 Å². The molecule has 0 N–H and O–H groups in total. The largest absolute Gasteiger partial charge is 0.340 e. The lowest BCUT2D eigenvalue weighted by Gasteiger charge is -2.35. The average molecular weight is 274 g/mol. The second kappa shape index (κ2) is 5.57. The molecule has 104 valence electrons. The Morgan fingerprint density at radius 2 is 1.67 bits per heavy atom. The van der Waals surface area contributed by atoms with E-state index in [1.807, 2.05) is 4.90 Å². The summed E-state index contributed by atoms with van der Waals surface area (Å²) in [5.41, 5.74) is 0. The molecule has 1 saturated heterocycles. The third-order valence-corrected chi connectivity index (χ3v) is 5.89. The quantitative estimate of drug-likeness (QED) is 0.760. The number of carbonyl (C=O) groups excluding carboxylic acids is 1. The van der Waals surface area contributed by atoms with Gasteiger partial charge in [0, 0.05) is 32.1 Å². The highest BCUT2D eigenvalue weighted by molar-refractivity contribution is 7.89. The van der Waals surface area contributed by atoms with E-state index in [9.17, 15) is 13.2 Å². The summed E-state index contributed by atoms with van der Waals surface area (Å²) in [7, 11) is -3.09. The van der Waals surface area contributed by atoms with E-state index in [1.54, 1.807) is 6.92 Å². The van der Waals surface area contributed by atoms with Crippen molar-refractivity contribution in [2.75, 3.05) is 31.9 Å². The molecule has 1 aliphatic carbocycles. The molecule has 5 nitrogen and oxygen atoms in total. The lowest BCUT2D eigenvalue weighted by atomic mass is 10.1. The van der Waals surface area contributed by atoms with Crippen molar-refractivity contribution in [1.82, 2.24) is 9.21 Å². The fraction of sp³-hybridized carbons (Fsp3) is 0.917. The lowest BCUT2D eigenvalue weighted by molar-refractivity contribution is -0.136. The van der Waals surface area contributed by atoms with Crippen molar-refractivity contribution in [2.45, 2.75) is 32.6 Å². The van der Waals surface area contributed by atoms with Crippen LogP contribution >= 0.6 is 0 Å². The Bertz CT molecular complexity index is 394. The van der Waals surface area contributed by atoms with Crippen molar-refractivity contribution in [3.05, 3.63) is 0 Å². The van der Waals surface area contributed by atoms with Crippen LogP contribution < -0.4 is 0 Å². The van der Waals surface area contributed by atoms with Gasteiger partial charge in [0.25, 0.3) is 0 Å². The second-order valence-corrected chi connectivity index (χ2v) is 7.36. The SMILES string of the molecule is CCS(=O)(=O)N1CCN(C(=O)C2CCCC2)CC1. The molecule has 1 amide bonds. The molecule has 6 heteroatoms. The lowest BCUT2D eigenvalue weighted by Crippen LogP contribution is -2.52. The van der Waals surface area contributed by atoms with Gasteiger partial charge in [-0.3, -0.25) is 4.79 Å². The fourth-order valence-corrected chi connectivity index (χ4v) is 3.88. The number of piperazine rings is 1. The van der Waals surface area contributed by atoms with Crippen molar-refractivity contribution < 1.29 is 13.2 Å². The van der Waals surface area contributed by atoms with Crippen molar-refractivity contribution in [3.63, 3.8) is 0 Å². The van der Waals surface area contributed by atoms with Crippen molar-refractivity contribution in [3.8, 4) is 0 Å². The minimum Gasteiger partial charge on any atom is -0.340 e. The predicted molar refractivity (Wildman–Crippen MR) is 69.6 cm³/mol. The summed E-state index contributed by atoms with van der Waals surface area (Å²) in [4.78, 5) is 14.0. The van der Waals surface area contributed by atoms with Gasteiger partial charge in [-0.1, -0.05) is 12.8 Å². The first-order valence-electron chi connectivity index (χ1n) is 6.81. The van der Waals surface area contributed by atoms with Gasteiger partial charge in [-0.15, -0.1) is 0 Å². The van der Waals surface area contributed by atoms with Crippen molar-refractivity contribution in [1.29, 1.82) is 0 Å². The Morgan fingerprint density at radius 1 is 1.11 bits per heavy atom. The first-order valence-corrected chi connectivity index (χ1v) is 8.42. The number of amides is 1. The van der Waals surface area contributed by atoms with E-state index in [-0.39, 0.29) is 17.6 Å². The van der Waals surface area contributed by atoms with Gasteiger partial charge in [0.05, 0.1) is 5.75 Å². The summed E-state index contributed by atoms with van der Waals surface area (Å²) in [5.74, 6) is 0.573. The summed E-state index contributed by atoms with van der Waals surface area (Å²) < 4.78 is 24.9. The highest BCUT2D eigenvalue weighted by Gasteiger charge is 2.31. The van der Waals surface area contributed by atoms with Crippen LogP contribution in [0.1, 0.15) is 32.6 Å². The Morgan fingerprint density at radius 3 is 2.17 bits per heavy atom. The maximum absolute atomic E-state index is 12.2. The molecule has 2 aliphatic rings. The zero-order chi connectivity index (χ0) is 13.2. The van der Waals surface area contributed by atoms with Crippen LogP contribution in [0.15, 0.2) is 0 Å². The molecule has 1 saturated carbocycles. The molecule has 18 heavy (non-hydrogen) atoms. The summed E-state index contributed by atoms with van der Waals surface area (Å²) in [6.07, 6.45) is 4.32. The van der Waals surface area contributed by atoms with Crippen LogP contribution in [0.3, 0.4) is 0 Å². The normalized spacial score (nSPS) is 23.5. The topological polar surface area (TPSA) is 57.7 Å². The molecule has 0 radical (unpaired) electrons. The zero-order valence-electron chi connectivity index (χ0n) is 11.0. The van der Waals surface area contributed by atoms with Crippen LogP contribution in [0.2, 0.25) is 0 Å². The average Bonchev–Trinajstić information content (AvgIpc) is 2.92. The number of hydrogen-bond acceptors (Lipinski definition) is 3. The summed E-state index contributed by atoms with van der Waals surface area (Å²) in [5, 5.41) is 0. The Balaban J connectivity index is 1.88. The third kappa shape index (κ3) is 2.85. The zero-order valence-corrected chi connectivity index (χ0v) is 11.8. The minimum atomic E-state index is -3.09. The Kier molecular flexibility index (Phi) is 4.27. The highest BCUT2D eigenvalue weighted by Crippen LogP contribution is 2.27. The van der Waals surface area contributed by atoms with E-state index in [4.69, 9.17) is 0 Å². The monoisotopic (exact) mass is 274 g/mol. The van der Waals surface area contributed by atoms with Crippen LogP contribution in [-0.2, 0) is 14.8 Å². The molecule has 1 aliphatic heterocycles. The van der Waals surface area contributed by atoms with E-state index in [2.05, 4.69) is 0 Å². The highest BCUT2D eigenvalue weighted by atomic mass is 32.2. The molecule has 0 atom stereocenters. The molecular formula is C12H22N2O3S. The molecule has 0 bridgehead atoms. The van der Waals surface area contributed by atoms with Crippen LogP contribution in [0.5, 0.6) is 0 Å². The number of rotatable bonds is 3. The molecule has 0 aromatic rings. The van der Waals surface area contributed by atoms with Crippen LogP contribution in [-0.4, -0.2) is 55.5 Å². The van der Waals surface area contributed by atoms with Gasteiger partial charge in [0.1, 0.15) is 0 Å². The second-order valence-electron chi connectivity index (χ2n) is 5.11. The molecule has 0 unspecified atom stereocenters. The van der Waals surface area contributed by atoms with Crippen LogP contribution in [0, 0.1) is 5.92 Å². The van der Waals surface area contributed by atoms with Crippen LogP contribution in [0.4, 0.5) is 0 Å². The molecular weight excluding hydrogens is 252 g/mol. The number of hydrogen-bond donors (Lipinski definition) is 0. The van der Waals surface area contributed by atoms with E-state index in [1.165, 1.54) is 4.31 Å². The maximum atomic E-state index is 12.2. The molecule has 1 heterocycles. The predicted octanol–water partition coefficient (Wildman–Crippen LogP) is 0.670. The molecule has 0 spiro atoms. The van der Waals surface area contributed by atoms with E-state index >= 15 is 0 Å². The van der Waals surface area contributed by atoms with Gasteiger partial charge < -0.3 is 4.90 Å². The Hall–Kier alpha value is -0.620. The smallest absolute Gasteiger partial charge is 0.225 e. The van der Waals surface area contributed by atoms with E-state index in [0.29, 0.717) is 26.2 Å². The number of sulfonamides is 1. The van der Waals surface area contributed by atoms with Gasteiger partial charge in [-0.25, -0.2) is 8.42 Å². The summed E-state index contributed by atoms with van der Waals surface area (Å²) >= 11 is 0. The molecule has 0 aromatic carbocycles. The van der Waals surface area contributed by atoms with Crippen molar-refractivity contribution >= 4 is 15.9 Å². The van der Waals surface area contributed by atoms with Crippen molar-refractivity contribution in [2.24, 2.45) is 5.92 Å². The number of nitrogens with zero attached hydrogens (tertiary/aromatic N) is 2. The van der Waals surface area contributed by atoms with Crippen LogP contribution in [0.25, 0.3) is 0 Å². The summed E-state index contributed by atoms with van der Waals surface area (Å²) in [6.45, 7) is 3.66. The minimum absolute atomic E-state index is 0.142. The Labute approximate surface area is 109 Å². The van der Waals surface area contributed by atoms with E-state index < -0.39 is 10.0 Å². The first-order chi connectivity index (χ1) is 8.54. The standard InChI is InChI=1S/C12H22N2O3S/c1-2-18(16,17)14-9-7-13(8-10-14)12(15)11-5-3-4-6-11/h11H,2-10H2,1H3. The fourth-order valence-electron chi connectivity index (χ4n) is 2.80. The molecule has 2 fully saturated rings. The molecule has 2 rings (SSSR count). The first kappa shape index (κ1) is 13.8. The maximum Gasteiger partial charge on any atom is 0.225 e. The third-order valence-electron chi connectivity index (χ3n) is 4.01. The van der Waals surface area contributed by atoms with Gasteiger partial charge in [-0.05, 0) is 19.8 Å². The van der Waals surface area contributed by atoms with E-state index in [0.717, 1.165) is 25.7 Å².